The van der Waals surface area contributed by atoms with Crippen molar-refractivity contribution in [2.45, 2.75) is 39.7 Å². The van der Waals surface area contributed by atoms with Gasteiger partial charge >= 0.3 is 0 Å². The van der Waals surface area contributed by atoms with Gasteiger partial charge in [0.15, 0.2) is 0 Å². The molecule has 0 N–H and O–H groups in total. The van der Waals surface area contributed by atoms with E-state index in [1.165, 1.54) is 4.88 Å². The first-order chi connectivity index (χ1) is 18.3. The Morgan fingerprint density at radius 2 is 2.00 bits per heavy atom. The Bertz CT molecular complexity index is 1280. The van der Waals surface area contributed by atoms with Gasteiger partial charge in [0.2, 0.25) is 5.91 Å². The Balaban J connectivity index is 1.55. The molecule has 6 nitrogen and oxygen atoms in total. The van der Waals surface area contributed by atoms with Crippen molar-refractivity contribution in [2.75, 3.05) is 33.4 Å². The number of hydrogen-bond donors (Lipinski definition) is 0. The molecule has 2 atom stereocenters. The number of ether oxygens (including phenoxy) is 2. The zero-order valence-corrected chi connectivity index (χ0v) is 24.0. The summed E-state index contributed by atoms with van der Waals surface area (Å²) in [5.74, 6) is 1.33. The molecule has 8 heteroatoms. The molecular formula is C30H35ClN2O4S. The van der Waals surface area contributed by atoms with Crippen molar-refractivity contribution in [1.82, 2.24) is 9.80 Å². The fourth-order valence-corrected chi connectivity index (χ4v) is 5.72. The van der Waals surface area contributed by atoms with E-state index in [9.17, 15) is 9.59 Å². The summed E-state index contributed by atoms with van der Waals surface area (Å²) < 4.78 is 11.5. The van der Waals surface area contributed by atoms with Gasteiger partial charge < -0.3 is 19.3 Å². The summed E-state index contributed by atoms with van der Waals surface area (Å²) in [6.45, 7) is 7.55. The minimum atomic E-state index is -0.231. The number of thiophene rings is 1. The van der Waals surface area contributed by atoms with E-state index in [-0.39, 0.29) is 30.3 Å². The zero-order chi connectivity index (χ0) is 27.2. The van der Waals surface area contributed by atoms with Gasteiger partial charge in [-0.15, -0.1) is 11.3 Å². The maximum Gasteiger partial charge on any atom is 0.254 e. The molecule has 0 radical (unpaired) electrons. The minimum absolute atomic E-state index is 0.0103. The number of amides is 2. The number of carbonyl (C=O) groups excluding carboxylic acids is 2. The quantitative estimate of drug-likeness (QED) is 0.290. The van der Waals surface area contributed by atoms with Gasteiger partial charge in [0, 0.05) is 28.6 Å². The predicted molar refractivity (Wildman–Crippen MR) is 153 cm³/mol. The molecule has 0 bridgehead atoms. The third-order valence-electron chi connectivity index (χ3n) is 7.11. The average Bonchev–Trinajstić information content (AvgIpc) is 3.41. The first-order valence-electron chi connectivity index (χ1n) is 13.0. The van der Waals surface area contributed by atoms with E-state index in [0.29, 0.717) is 41.8 Å². The van der Waals surface area contributed by atoms with Gasteiger partial charge in [0.1, 0.15) is 24.7 Å². The third kappa shape index (κ3) is 6.51. The van der Waals surface area contributed by atoms with Crippen molar-refractivity contribution in [1.29, 1.82) is 0 Å². The van der Waals surface area contributed by atoms with Crippen LogP contribution in [0.5, 0.6) is 11.5 Å². The van der Waals surface area contributed by atoms with Crippen LogP contribution >= 0.6 is 22.9 Å². The zero-order valence-electron chi connectivity index (χ0n) is 22.4. The molecule has 38 heavy (non-hydrogen) atoms. The third-order valence-corrected chi connectivity index (χ3v) is 8.53. The van der Waals surface area contributed by atoms with Gasteiger partial charge in [-0.2, -0.15) is 0 Å². The molecule has 0 saturated carbocycles. The predicted octanol–water partition coefficient (Wildman–Crippen LogP) is 6.41. The molecule has 0 unspecified atom stereocenters. The number of carbonyl (C=O) groups is 2. The van der Waals surface area contributed by atoms with E-state index in [4.69, 9.17) is 21.1 Å². The van der Waals surface area contributed by atoms with Gasteiger partial charge in [0.05, 0.1) is 13.2 Å². The number of fused-ring (bicyclic) bond motifs is 1. The SMILES string of the molecule is CC[C@H](C)CN(CC(=O)N1CCc2sccc2[C@@H]1COc1ccc(Cl)c(C)c1)C(=O)c1cccc(OC)c1. The van der Waals surface area contributed by atoms with Crippen molar-refractivity contribution in [3.05, 3.63) is 80.5 Å². The molecule has 4 rings (SSSR count). The van der Waals surface area contributed by atoms with Crippen molar-refractivity contribution < 1.29 is 19.1 Å². The van der Waals surface area contributed by atoms with Gasteiger partial charge in [-0.05, 0) is 78.2 Å². The Morgan fingerprint density at radius 1 is 1.18 bits per heavy atom. The Morgan fingerprint density at radius 3 is 2.74 bits per heavy atom. The van der Waals surface area contributed by atoms with E-state index in [0.717, 1.165) is 24.0 Å². The first kappa shape index (κ1) is 28.0. The van der Waals surface area contributed by atoms with Gasteiger partial charge in [-0.3, -0.25) is 9.59 Å². The number of rotatable bonds is 10. The highest BCUT2D eigenvalue weighted by Crippen LogP contribution is 2.34. The largest absolute Gasteiger partial charge is 0.497 e. The Hall–Kier alpha value is -3.03. The summed E-state index contributed by atoms with van der Waals surface area (Å²) in [6, 6.07) is 14.5. The van der Waals surface area contributed by atoms with Crippen LogP contribution in [0.2, 0.25) is 5.02 Å². The van der Waals surface area contributed by atoms with Crippen LogP contribution in [0.3, 0.4) is 0 Å². The number of hydrogen-bond acceptors (Lipinski definition) is 5. The van der Waals surface area contributed by atoms with Crippen LogP contribution in [-0.4, -0.2) is 55.0 Å². The summed E-state index contributed by atoms with van der Waals surface area (Å²) in [5.41, 5.74) is 2.57. The number of aryl methyl sites for hydroxylation is 1. The molecule has 2 aromatic carbocycles. The van der Waals surface area contributed by atoms with Crippen molar-refractivity contribution in [3.63, 3.8) is 0 Å². The molecule has 1 aromatic heterocycles. The van der Waals surface area contributed by atoms with Crippen LogP contribution in [0, 0.1) is 12.8 Å². The minimum Gasteiger partial charge on any atom is -0.497 e. The van der Waals surface area contributed by atoms with E-state index < -0.39 is 0 Å². The molecular weight excluding hydrogens is 520 g/mol. The summed E-state index contributed by atoms with van der Waals surface area (Å²) in [5, 5.41) is 2.76. The van der Waals surface area contributed by atoms with Crippen LogP contribution in [0.15, 0.2) is 53.9 Å². The number of halogens is 1. The van der Waals surface area contributed by atoms with Crippen LogP contribution in [-0.2, 0) is 11.2 Å². The lowest BCUT2D eigenvalue weighted by atomic mass is 10.00. The Kier molecular flexibility index (Phi) is 9.34. The molecule has 0 fully saturated rings. The van der Waals surface area contributed by atoms with E-state index in [1.807, 2.05) is 30.0 Å². The highest BCUT2D eigenvalue weighted by Gasteiger charge is 2.34. The lowest BCUT2D eigenvalue weighted by Gasteiger charge is -2.37. The number of methoxy groups -OCH3 is 1. The summed E-state index contributed by atoms with van der Waals surface area (Å²) in [7, 11) is 1.58. The fourth-order valence-electron chi connectivity index (χ4n) is 4.67. The lowest BCUT2D eigenvalue weighted by molar-refractivity contribution is -0.135. The molecule has 0 saturated heterocycles. The first-order valence-corrected chi connectivity index (χ1v) is 14.2. The molecule has 0 aliphatic carbocycles. The lowest BCUT2D eigenvalue weighted by Crippen LogP contribution is -2.48. The highest BCUT2D eigenvalue weighted by molar-refractivity contribution is 7.10. The van der Waals surface area contributed by atoms with Gasteiger partial charge in [-0.1, -0.05) is 37.9 Å². The standard InChI is InChI=1S/C30H35ClN2O4S/c1-5-20(2)17-32(30(35)22-7-6-8-23(16-22)36-4)18-29(34)33-13-11-28-25(12-14-38-28)27(33)19-37-24-9-10-26(31)21(3)15-24/h6-10,12,14-16,20,27H,5,11,13,17-19H2,1-4H3/t20-,27-/m0/s1. The molecule has 1 aliphatic heterocycles. The van der Waals surface area contributed by atoms with Gasteiger partial charge in [-0.25, -0.2) is 0 Å². The van der Waals surface area contributed by atoms with Crippen molar-refractivity contribution in [3.8, 4) is 11.5 Å². The molecule has 2 amide bonds. The van der Waals surface area contributed by atoms with E-state index >= 15 is 0 Å². The van der Waals surface area contributed by atoms with E-state index in [1.54, 1.807) is 47.6 Å². The maximum absolute atomic E-state index is 13.8. The summed E-state index contributed by atoms with van der Waals surface area (Å²) in [6.07, 6.45) is 1.71. The van der Waals surface area contributed by atoms with Crippen molar-refractivity contribution >= 4 is 34.8 Å². The monoisotopic (exact) mass is 554 g/mol. The fraction of sp³-hybridized carbons (Fsp3) is 0.400. The van der Waals surface area contributed by atoms with Crippen LogP contribution in [0.4, 0.5) is 0 Å². The highest BCUT2D eigenvalue weighted by atomic mass is 35.5. The molecule has 2 heterocycles. The topological polar surface area (TPSA) is 59.1 Å². The normalized spacial score (nSPS) is 15.5. The Labute approximate surface area is 234 Å². The number of benzene rings is 2. The second-order valence-electron chi connectivity index (χ2n) is 9.81. The molecule has 0 spiro atoms. The summed E-state index contributed by atoms with van der Waals surface area (Å²) >= 11 is 7.89. The van der Waals surface area contributed by atoms with Crippen LogP contribution in [0.25, 0.3) is 0 Å². The average molecular weight is 555 g/mol. The number of nitrogens with zero attached hydrogens (tertiary/aromatic N) is 2. The molecule has 202 valence electrons. The summed E-state index contributed by atoms with van der Waals surface area (Å²) in [4.78, 5) is 32.2. The van der Waals surface area contributed by atoms with Crippen LogP contribution < -0.4 is 9.47 Å². The maximum atomic E-state index is 13.8. The second kappa shape index (κ2) is 12.7. The van der Waals surface area contributed by atoms with Gasteiger partial charge in [0.25, 0.3) is 5.91 Å². The second-order valence-corrected chi connectivity index (χ2v) is 11.2. The molecule has 1 aliphatic rings. The smallest absolute Gasteiger partial charge is 0.254 e. The molecule has 3 aromatic rings. The van der Waals surface area contributed by atoms with Crippen LogP contribution in [0.1, 0.15) is 52.7 Å². The van der Waals surface area contributed by atoms with E-state index in [2.05, 4.69) is 25.3 Å². The van der Waals surface area contributed by atoms with Crippen molar-refractivity contribution in [2.24, 2.45) is 5.92 Å².